The second-order valence-corrected chi connectivity index (χ2v) is 8.95. The van der Waals surface area contributed by atoms with E-state index in [2.05, 4.69) is 17.2 Å². The number of halogens is 1. The molecule has 0 unspecified atom stereocenters. The van der Waals surface area contributed by atoms with Gasteiger partial charge in [-0.2, -0.15) is 0 Å². The average Bonchev–Trinajstić information content (AvgIpc) is 3.17. The maximum Gasteiger partial charge on any atom is 0.407 e. The molecule has 1 aliphatic heterocycles. The Bertz CT molecular complexity index is 1020. The van der Waals surface area contributed by atoms with Crippen LogP contribution in [-0.4, -0.2) is 53.2 Å². The first kappa shape index (κ1) is 23.5. The lowest BCUT2D eigenvalue weighted by Crippen LogP contribution is -2.34. The number of amides is 2. The van der Waals surface area contributed by atoms with Crippen molar-refractivity contribution >= 4 is 22.9 Å². The molecule has 0 aliphatic carbocycles. The van der Waals surface area contributed by atoms with Crippen LogP contribution in [0.25, 0.3) is 10.9 Å². The van der Waals surface area contributed by atoms with Gasteiger partial charge in [-0.05, 0) is 64.8 Å². The number of carbonyl (C=O) groups is 2. The van der Waals surface area contributed by atoms with E-state index in [-0.39, 0.29) is 30.7 Å². The molecule has 0 saturated carbocycles. The molecule has 1 N–H and O–H groups in total. The fourth-order valence-corrected chi connectivity index (χ4v) is 3.49. The zero-order valence-electron chi connectivity index (χ0n) is 19.0. The number of carbonyl (C=O) groups excluding carboxylic acids is 2. The van der Waals surface area contributed by atoms with Gasteiger partial charge in [-0.25, -0.2) is 14.2 Å². The first-order valence-electron chi connectivity index (χ1n) is 10.8. The highest BCUT2D eigenvalue weighted by atomic mass is 19.1. The summed E-state index contributed by atoms with van der Waals surface area (Å²) in [4.78, 5) is 30.8. The first-order chi connectivity index (χ1) is 15.2. The van der Waals surface area contributed by atoms with Crippen molar-refractivity contribution in [2.75, 3.05) is 19.7 Å². The van der Waals surface area contributed by atoms with Gasteiger partial charge in [-0.1, -0.05) is 6.07 Å². The molecule has 1 saturated heterocycles. The molecule has 1 fully saturated rings. The molecule has 0 radical (unpaired) electrons. The summed E-state index contributed by atoms with van der Waals surface area (Å²) in [5.74, 6) is 0.482. The summed E-state index contributed by atoms with van der Waals surface area (Å²) in [5, 5.41) is 3.31. The average molecular weight is 444 g/mol. The minimum absolute atomic E-state index is 0.0268. The number of pyridine rings is 1. The van der Waals surface area contributed by atoms with Crippen molar-refractivity contribution < 1.29 is 23.5 Å². The number of alkyl carbamates (subject to hydrolysis) is 1. The monoisotopic (exact) mass is 443 g/mol. The van der Waals surface area contributed by atoms with Gasteiger partial charge in [0.1, 0.15) is 23.7 Å². The number of nitrogens with one attached hydrogen (secondary N) is 1. The number of nitrogens with zero attached hydrogens (tertiary/aromatic N) is 2. The van der Waals surface area contributed by atoms with Crippen LogP contribution in [0.1, 0.15) is 51.0 Å². The first-order valence-corrected chi connectivity index (χ1v) is 10.8. The molecule has 172 valence electrons. The molecule has 2 amide bonds. The van der Waals surface area contributed by atoms with Crippen LogP contribution in [-0.2, 0) is 4.74 Å². The number of hydrogen-bond acceptors (Lipinski definition) is 5. The van der Waals surface area contributed by atoms with Gasteiger partial charge in [-0.15, -0.1) is 0 Å². The molecule has 2 aromatic rings. The third-order valence-electron chi connectivity index (χ3n) is 5.13. The van der Waals surface area contributed by atoms with Gasteiger partial charge in [-0.3, -0.25) is 4.79 Å². The van der Waals surface area contributed by atoms with Gasteiger partial charge in [0.15, 0.2) is 0 Å². The van der Waals surface area contributed by atoms with E-state index in [1.54, 1.807) is 45.0 Å². The van der Waals surface area contributed by atoms with Gasteiger partial charge < -0.3 is 19.7 Å². The summed E-state index contributed by atoms with van der Waals surface area (Å²) >= 11 is 0. The van der Waals surface area contributed by atoms with E-state index in [1.807, 2.05) is 11.0 Å². The molecule has 8 heteroatoms. The van der Waals surface area contributed by atoms with Crippen molar-refractivity contribution in [1.29, 1.82) is 0 Å². The van der Waals surface area contributed by atoms with Crippen LogP contribution in [0.15, 0.2) is 42.2 Å². The third-order valence-corrected chi connectivity index (χ3v) is 5.13. The highest BCUT2D eigenvalue weighted by molar-refractivity contribution is 5.95. The van der Waals surface area contributed by atoms with Crippen molar-refractivity contribution in [3.05, 3.63) is 47.9 Å². The van der Waals surface area contributed by atoms with E-state index in [9.17, 15) is 14.0 Å². The molecule has 0 spiro atoms. The smallest absolute Gasteiger partial charge is 0.407 e. The zero-order chi connectivity index (χ0) is 23.3. The molecular formula is C24H30FN3O4. The van der Waals surface area contributed by atoms with E-state index in [1.165, 1.54) is 0 Å². The van der Waals surface area contributed by atoms with Crippen molar-refractivity contribution in [2.24, 2.45) is 0 Å². The molecule has 1 aromatic carbocycles. The predicted molar refractivity (Wildman–Crippen MR) is 120 cm³/mol. The van der Waals surface area contributed by atoms with E-state index < -0.39 is 11.7 Å². The van der Waals surface area contributed by atoms with Crippen molar-refractivity contribution in [3.8, 4) is 5.75 Å². The van der Waals surface area contributed by atoms with Crippen molar-refractivity contribution in [2.45, 2.75) is 52.2 Å². The van der Waals surface area contributed by atoms with Crippen LogP contribution in [0.2, 0.25) is 0 Å². The second-order valence-electron chi connectivity index (χ2n) is 8.95. The Morgan fingerprint density at radius 1 is 1.28 bits per heavy atom. The number of likely N-dealkylation sites (tertiary alicyclic amines) is 1. The van der Waals surface area contributed by atoms with Gasteiger partial charge in [0.05, 0.1) is 11.8 Å². The topological polar surface area (TPSA) is 80.8 Å². The highest BCUT2D eigenvalue weighted by Crippen LogP contribution is 2.23. The lowest BCUT2D eigenvalue weighted by atomic mass is 10.1. The number of rotatable bonds is 6. The summed E-state index contributed by atoms with van der Waals surface area (Å²) in [6, 6.07) is 9.06. The van der Waals surface area contributed by atoms with Crippen molar-refractivity contribution in [3.63, 3.8) is 0 Å². The Morgan fingerprint density at radius 2 is 2.06 bits per heavy atom. The Kier molecular flexibility index (Phi) is 7.33. The molecule has 0 bridgehead atoms. The summed E-state index contributed by atoms with van der Waals surface area (Å²) in [5.41, 5.74) is 0.740. The molecule has 7 nitrogen and oxygen atoms in total. The Morgan fingerprint density at radius 3 is 2.72 bits per heavy atom. The van der Waals surface area contributed by atoms with Crippen LogP contribution < -0.4 is 10.1 Å². The molecule has 1 aliphatic rings. The van der Waals surface area contributed by atoms with Crippen LogP contribution in [0, 0.1) is 0 Å². The van der Waals surface area contributed by atoms with Gasteiger partial charge in [0.25, 0.3) is 5.91 Å². The van der Waals surface area contributed by atoms with E-state index >= 15 is 0 Å². The van der Waals surface area contributed by atoms with Crippen molar-refractivity contribution in [1.82, 2.24) is 15.2 Å². The molecule has 32 heavy (non-hydrogen) atoms. The van der Waals surface area contributed by atoms with Crippen LogP contribution in [0.3, 0.4) is 0 Å². The van der Waals surface area contributed by atoms with E-state index in [4.69, 9.17) is 9.47 Å². The number of fused-ring (bicyclic) bond motifs is 1. The third kappa shape index (κ3) is 6.18. The fourth-order valence-electron chi connectivity index (χ4n) is 3.49. The SMILES string of the molecule is C[C@@H]1CCCN1C(=O)c1ccc2cc(OC/C(=C/F)CNC(=O)OC(C)(C)C)ccc2n1. The molecular weight excluding hydrogens is 413 g/mol. The second kappa shape index (κ2) is 9.97. The minimum Gasteiger partial charge on any atom is -0.489 e. The Hall–Kier alpha value is -3.16. The Balaban J connectivity index is 1.59. The minimum atomic E-state index is -0.628. The van der Waals surface area contributed by atoms with Gasteiger partial charge in [0, 0.05) is 30.1 Å². The summed E-state index contributed by atoms with van der Waals surface area (Å²) in [7, 11) is 0. The number of benzene rings is 1. The summed E-state index contributed by atoms with van der Waals surface area (Å²) in [6.07, 6.45) is 1.83. The largest absolute Gasteiger partial charge is 0.489 e. The van der Waals surface area contributed by atoms with Crippen LogP contribution in [0.5, 0.6) is 5.75 Å². The lowest BCUT2D eigenvalue weighted by molar-refractivity contribution is 0.0531. The summed E-state index contributed by atoms with van der Waals surface area (Å²) in [6.45, 7) is 8.01. The fraction of sp³-hybridized carbons (Fsp3) is 0.458. The molecule has 1 aromatic heterocycles. The number of hydrogen-bond donors (Lipinski definition) is 1. The van der Waals surface area contributed by atoms with E-state index in [0.717, 1.165) is 24.8 Å². The molecule has 2 heterocycles. The standard InChI is InChI=1S/C24H30FN3O4/c1-16-6-5-11-28(16)22(29)21-9-7-18-12-19(8-10-20(18)27-21)31-15-17(13-25)14-26-23(30)32-24(2,3)4/h7-10,12-13,16H,5-6,11,14-15H2,1-4H3,(H,26,30)/b17-13+/t16-/m1/s1. The lowest BCUT2D eigenvalue weighted by Gasteiger charge is -2.21. The van der Waals surface area contributed by atoms with Gasteiger partial charge in [0.2, 0.25) is 0 Å². The zero-order valence-corrected chi connectivity index (χ0v) is 19.0. The maximum absolute atomic E-state index is 13.2. The van der Waals surface area contributed by atoms with Crippen LogP contribution in [0.4, 0.5) is 9.18 Å². The van der Waals surface area contributed by atoms with Crippen LogP contribution >= 0.6 is 0 Å². The number of aromatic nitrogens is 1. The highest BCUT2D eigenvalue weighted by Gasteiger charge is 2.26. The predicted octanol–water partition coefficient (Wildman–Crippen LogP) is 4.62. The Labute approximate surface area is 187 Å². The summed E-state index contributed by atoms with van der Waals surface area (Å²) < 4.78 is 24.0. The maximum atomic E-state index is 13.2. The quantitative estimate of drug-likeness (QED) is 0.705. The molecule has 1 atom stereocenters. The normalized spacial score (nSPS) is 16.8. The van der Waals surface area contributed by atoms with Gasteiger partial charge >= 0.3 is 6.09 Å². The van der Waals surface area contributed by atoms with E-state index in [0.29, 0.717) is 23.3 Å². The molecule has 3 rings (SSSR count). The number of ether oxygens (including phenoxy) is 2.